The van der Waals surface area contributed by atoms with Gasteiger partial charge in [-0.3, -0.25) is 4.79 Å². The van der Waals surface area contributed by atoms with Crippen LogP contribution in [0.5, 0.6) is 11.5 Å². The molecule has 18 heavy (non-hydrogen) atoms. The van der Waals surface area contributed by atoms with E-state index >= 15 is 0 Å². The zero-order valence-electron chi connectivity index (χ0n) is 10.4. The SMILES string of the molecule is COCC(CC(=O)O)c1cc2c(cc1C)OCO2. The van der Waals surface area contributed by atoms with Crippen LogP contribution in [0.3, 0.4) is 0 Å². The minimum Gasteiger partial charge on any atom is -0.481 e. The Balaban J connectivity index is 2.31. The number of aliphatic carboxylic acids is 1. The van der Waals surface area contributed by atoms with Crippen molar-refractivity contribution < 1.29 is 24.1 Å². The van der Waals surface area contributed by atoms with Crippen LogP contribution in [0.25, 0.3) is 0 Å². The molecule has 0 fully saturated rings. The third-order valence-electron chi connectivity index (χ3n) is 2.99. The van der Waals surface area contributed by atoms with Crippen molar-refractivity contribution in [3.63, 3.8) is 0 Å². The van der Waals surface area contributed by atoms with E-state index in [2.05, 4.69) is 0 Å². The Morgan fingerprint density at radius 1 is 1.44 bits per heavy atom. The monoisotopic (exact) mass is 252 g/mol. The zero-order chi connectivity index (χ0) is 13.1. The zero-order valence-corrected chi connectivity index (χ0v) is 10.4. The van der Waals surface area contributed by atoms with E-state index in [9.17, 15) is 4.79 Å². The fourth-order valence-electron chi connectivity index (χ4n) is 2.17. The predicted molar refractivity (Wildman–Crippen MR) is 64.2 cm³/mol. The molecule has 5 nitrogen and oxygen atoms in total. The molecule has 0 spiro atoms. The van der Waals surface area contributed by atoms with Gasteiger partial charge in [-0.25, -0.2) is 0 Å². The van der Waals surface area contributed by atoms with Gasteiger partial charge in [-0.15, -0.1) is 0 Å². The van der Waals surface area contributed by atoms with Crippen molar-refractivity contribution in [2.24, 2.45) is 0 Å². The van der Waals surface area contributed by atoms with Crippen molar-refractivity contribution in [2.45, 2.75) is 19.3 Å². The highest BCUT2D eigenvalue weighted by Crippen LogP contribution is 2.37. The van der Waals surface area contributed by atoms with Gasteiger partial charge < -0.3 is 19.3 Å². The van der Waals surface area contributed by atoms with Crippen molar-refractivity contribution in [3.05, 3.63) is 23.3 Å². The second-order valence-corrected chi connectivity index (χ2v) is 4.31. The van der Waals surface area contributed by atoms with Crippen LogP contribution in [0, 0.1) is 6.92 Å². The van der Waals surface area contributed by atoms with Crippen LogP contribution in [0.15, 0.2) is 12.1 Å². The first-order valence-corrected chi connectivity index (χ1v) is 5.72. The molecule has 1 N–H and O–H groups in total. The summed E-state index contributed by atoms with van der Waals surface area (Å²) in [6.45, 7) is 2.51. The smallest absolute Gasteiger partial charge is 0.304 e. The number of methoxy groups -OCH3 is 1. The van der Waals surface area contributed by atoms with Crippen LogP contribution in [-0.2, 0) is 9.53 Å². The number of carbonyl (C=O) groups is 1. The lowest BCUT2D eigenvalue weighted by molar-refractivity contribution is -0.137. The summed E-state index contributed by atoms with van der Waals surface area (Å²) in [6.07, 6.45) is 0.0360. The van der Waals surface area contributed by atoms with Crippen LogP contribution in [0.4, 0.5) is 0 Å². The molecule has 0 amide bonds. The van der Waals surface area contributed by atoms with E-state index in [4.69, 9.17) is 19.3 Å². The quantitative estimate of drug-likeness (QED) is 0.867. The summed E-state index contributed by atoms with van der Waals surface area (Å²) in [5, 5.41) is 8.94. The van der Waals surface area contributed by atoms with Crippen molar-refractivity contribution >= 4 is 5.97 Å². The molecular weight excluding hydrogens is 236 g/mol. The Morgan fingerprint density at radius 3 is 2.72 bits per heavy atom. The van der Waals surface area contributed by atoms with Gasteiger partial charge in [0.15, 0.2) is 11.5 Å². The molecule has 1 aliphatic heterocycles. The van der Waals surface area contributed by atoms with Crippen LogP contribution in [0.2, 0.25) is 0 Å². The highest BCUT2D eigenvalue weighted by Gasteiger charge is 2.22. The Labute approximate surface area is 105 Å². The Bertz CT molecular complexity index is 455. The number of hydrogen-bond donors (Lipinski definition) is 1. The molecular formula is C13H16O5. The number of fused-ring (bicyclic) bond motifs is 1. The first-order valence-electron chi connectivity index (χ1n) is 5.72. The molecule has 98 valence electrons. The molecule has 0 radical (unpaired) electrons. The standard InChI is InChI=1S/C13H16O5/c1-8-3-11-12(18-7-17-11)5-10(8)9(6-16-2)4-13(14)15/h3,5,9H,4,6-7H2,1-2H3,(H,14,15). The summed E-state index contributed by atoms with van der Waals surface area (Å²) in [6, 6.07) is 3.73. The van der Waals surface area contributed by atoms with Gasteiger partial charge >= 0.3 is 5.97 Å². The van der Waals surface area contributed by atoms with Crippen LogP contribution >= 0.6 is 0 Å². The van der Waals surface area contributed by atoms with E-state index in [0.717, 1.165) is 11.1 Å². The number of ether oxygens (including phenoxy) is 3. The summed E-state index contributed by atoms with van der Waals surface area (Å²) in [7, 11) is 1.57. The molecule has 0 aliphatic carbocycles. The lowest BCUT2D eigenvalue weighted by atomic mass is 9.92. The molecule has 1 aromatic rings. The van der Waals surface area contributed by atoms with Gasteiger partial charge in [-0.2, -0.15) is 0 Å². The van der Waals surface area contributed by atoms with Gasteiger partial charge in [0.2, 0.25) is 6.79 Å². The highest BCUT2D eigenvalue weighted by molar-refractivity contribution is 5.68. The number of benzene rings is 1. The van der Waals surface area contributed by atoms with Gasteiger partial charge in [-0.1, -0.05) is 0 Å². The van der Waals surface area contributed by atoms with Crippen molar-refractivity contribution in [1.29, 1.82) is 0 Å². The molecule has 1 atom stereocenters. The van der Waals surface area contributed by atoms with Gasteiger partial charge in [-0.05, 0) is 30.2 Å². The minimum absolute atomic E-state index is 0.0360. The largest absolute Gasteiger partial charge is 0.481 e. The minimum atomic E-state index is -0.839. The maximum Gasteiger partial charge on any atom is 0.304 e. The fraction of sp³-hybridized carbons (Fsp3) is 0.462. The molecule has 0 bridgehead atoms. The van der Waals surface area contributed by atoms with Crippen molar-refractivity contribution in [1.82, 2.24) is 0 Å². The maximum absolute atomic E-state index is 10.9. The van der Waals surface area contributed by atoms with Crippen LogP contribution < -0.4 is 9.47 Å². The van der Waals surface area contributed by atoms with E-state index in [1.807, 2.05) is 19.1 Å². The van der Waals surface area contributed by atoms with Crippen molar-refractivity contribution in [3.8, 4) is 11.5 Å². The van der Waals surface area contributed by atoms with Gasteiger partial charge in [0.05, 0.1) is 13.0 Å². The van der Waals surface area contributed by atoms with E-state index in [1.165, 1.54) is 0 Å². The van der Waals surface area contributed by atoms with Gasteiger partial charge in [0, 0.05) is 13.0 Å². The topological polar surface area (TPSA) is 65.0 Å². The number of carboxylic acids is 1. The summed E-state index contributed by atoms with van der Waals surface area (Å²) in [5.41, 5.74) is 1.92. The van der Waals surface area contributed by atoms with Gasteiger partial charge in [0.25, 0.3) is 0 Å². The molecule has 1 aliphatic rings. The average molecular weight is 252 g/mol. The molecule has 5 heteroatoms. The maximum atomic E-state index is 10.9. The van der Waals surface area contributed by atoms with E-state index < -0.39 is 5.97 Å². The second-order valence-electron chi connectivity index (χ2n) is 4.31. The molecule has 1 aromatic carbocycles. The average Bonchev–Trinajstić information content (AvgIpc) is 2.73. The summed E-state index contributed by atoms with van der Waals surface area (Å²) in [4.78, 5) is 10.9. The molecule has 0 saturated heterocycles. The van der Waals surface area contributed by atoms with E-state index in [-0.39, 0.29) is 19.1 Å². The molecule has 0 aromatic heterocycles. The number of rotatable bonds is 5. The lowest BCUT2D eigenvalue weighted by Gasteiger charge is -2.17. The molecule has 0 saturated carbocycles. The first-order chi connectivity index (χ1) is 8.61. The Morgan fingerprint density at radius 2 is 2.11 bits per heavy atom. The Kier molecular flexibility index (Phi) is 3.72. The number of carboxylic acid groups (broad SMARTS) is 1. The first kappa shape index (κ1) is 12.7. The lowest BCUT2D eigenvalue weighted by Crippen LogP contribution is -2.13. The summed E-state index contributed by atoms with van der Waals surface area (Å²) >= 11 is 0. The molecule has 1 heterocycles. The highest BCUT2D eigenvalue weighted by atomic mass is 16.7. The summed E-state index contributed by atoms with van der Waals surface area (Å²) in [5.74, 6) is 0.362. The van der Waals surface area contributed by atoms with E-state index in [0.29, 0.717) is 18.1 Å². The molecule has 2 rings (SSSR count). The number of aryl methyl sites for hydroxylation is 1. The third kappa shape index (κ3) is 2.56. The van der Waals surface area contributed by atoms with E-state index in [1.54, 1.807) is 7.11 Å². The fourth-order valence-corrected chi connectivity index (χ4v) is 2.17. The molecule has 1 unspecified atom stereocenters. The second kappa shape index (κ2) is 5.27. The predicted octanol–water partition coefficient (Wildman–Crippen LogP) is 1.93. The van der Waals surface area contributed by atoms with Gasteiger partial charge in [0.1, 0.15) is 0 Å². The Hall–Kier alpha value is -1.75. The number of hydrogen-bond acceptors (Lipinski definition) is 4. The third-order valence-corrected chi connectivity index (χ3v) is 2.99. The van der Waals surface area contributed by atoms with Crippen molar-refractivity contribution in [2.75, 3.05) is 20.5 Å². The van der Waals surface area contributed by atoms with Crippen LogP contribution in [-0.4, -0.2) is 31.6 Å². The summed E-state index contributed by atoms with van der Waals surface area (Å²) < 4.78 is 15.7. The normalized spacial score (nSPS) is 14.6. The van der Waals surface area contributed by atoms with Crippen LogP contribution in [0.1, 0.15) is 23.5 Å².